The van der Waals surface area contributed by atoms with Gasteiger partial charge in [-0.25, -0.2) is 4.68 Å². The number of nitrogens with zero attached hydrogens (tertiary/aromatic N) is 2. The third-order valence-corrected chi connectivity index (χ3v) is 3.46. The Hall–Kier alpha value is -2.05. The van der Waals surface area contributed by atoms with Crippen LogP contribution >= 0.6 is 0 Å². The van der Waals surface area contributed by atoms with E-state index in [0.29, 0.717) is 0 Å². The Morgan fingerprint density at radius 1 is 1.26 bits per heavy atom. The highest BCUT2D eigenvalue weighted by Crippen LogP contribution is 2.29. The summed E-state index contributed by atoms with van der Waals surface area (Å²) >= 11 is 0. The molecule has 2 heterocycles. The van der Waals surface area contributed by atoms with Gasteiger partial charge in [-0.05, 0) is 31.4 Å². The van der Waals surface area contributed by atoms with Gasteiger partial charge in [0.05, 0.1) is 5.69 Å². The molecule has 0 saturated carbocycles. The molecule has 1 saturated heterocycles. The van der Waals surface area contributed by atoms with Crippen molar-refractivity contribution in [3.8, 4) is 23.6 Å². The van der Waals surface area contributed by atoms with Crippen molar-refractivity contribution in [3.05, 3.63) is 42.1 Å². The molecule has 0 radical (unpaired) electrons. The molecule has 1 aromatic heterocycles. The number of rotatable bonds is 2. The summed E-state index contributed by atoms with van der Waals surface area (Å²) in [6.07, 6.45) is 10.7. The van der Waals surface area contributed by atoms with E-state index < -0.39 is 0 Å². The molecule has 1 aliphatic rings. The lowest BCUT2D eigenvalue weighted by Gasteiger charge is -2.24. The van der Waals surface area contributed by atoms with Gasteiger partial charge < -0.3 is 4.74 Å². The Morgan fingerprint density at radius 2 is 2.16 bits per heavy atom. The number of terminal acetylenes is 1. The van der Waals surface area contributed by atoms with Crippen LogP contribution in [0.3, 0.4) is 0 Å². The average Bonchev–Trinajstić information content (AvgIpc) is 2.97. The second kappa shape index (κ2) is 5.29. The summed E-state index contributed by atoms with van der Waals surface area (Å²) in [6, 6.07) is 9.93. The van der Waals surface area contributed by atoms with E-state index in [4.69, 9.17) is 11.2 Å². The summed E-state index contributed by atoms with van der Waals surface area (Å²) in [5.41, 5.74) is 2.96. The first-order valence-corrected chi connectivity index (χ1v) is 6.61. The molecule has 2 aromatic rings. The number of hydrogen-bond donors (Lipinski definition) is 0. The summed E-state index contributed by atoms with van der Waals surface area (Å²) in [6.45, 7) is 0.806. The highest BCUT2D eigenvalue weighted by molar-refractivity contribution is 5.68. The van der Waals surface area contributed by atoms with Crippen LogP contribution in [0.25, 0.3) is 11.3 Å². The Bertz CT molecular complexity index is 603. The SMILES string of the molecule is C#Cc1ccccc1-c1ccnn1C1CCCCO1. The molecule has 0 amide bonds. The number of benzene rings is 1. The van der Waals surface area contributed by atoms with Gasteiger partial charge >= 0.3 is 0 Å². The maximum Gasteiger partial charge on any atom is 0.150 e. The van der Waals surface area contributed by atoms with Crippen molar-refractivity contribution in [3.63, 3.8) is 0 Å². The summed E-state index contributed by atoms with van der Waals surface area (Å²) in [7, 11) is 0. The maximum atomic E-state index is 5.81. The van der Waals surface area contributed by atoms with Crippen LogP contribution in [0.15, 0.2) is 36.5 Å². The molecular weight excluding hydrogens is 236 g/mol. The standard InChI is InChI=1S/C16H16N2O/c1-2-13-7-3-4-8-14(13)15-10-11-17-18(15)16-9-5-6-12-19-16/h1,3-4,7-8,10-11,16H,5-6,9,12H2. The molecule has 0 bridgehead atoms. The quantitative estimate of drug-likeness (QED) is 0.767. The lowest BCUT2D eigenvalue weighted by molar-refractivity contribution is -0.0383. The van der Waals surface area contributed by atoms with Crippen molar-refractivity contribution in [1.29, 1.82) is 0 Å². The second-order valence-electron chi connectivity index (χ2n) is 4.67. The first-order valence-electron chi connectivity index (χ1n) is 6.61. The van der Waals surface area contributed by atoms with Gasteiger partial charge in [0.1, 0.15) is 0 Å². The van der Waals surface area contributed by atoms with Crippen molar-refractivity contribution in [2.75, 3.05) is 6.61 Å². The van der Waals surface area contributed by atoms with E-state index in [1.807, 2.05) is 35.0 Å². The zero-order valence-electron chi connectivity index (χ0n) is 10.7. The van der Waals surface area contributed by atoms with Crippen LogP contribution < -0.4 is 0 Å². The van der Waals surface area contributed by atoms with E-state index >= 15 is 0 Å². The van der Waals surface area contributed by atoms with Gasteiger partial charge in [-0.15, -0.1) is 6.42 Å². The summed E-state index contributed by atoms with van der Waals surface area (Å²) in [5.74, 6) is 2.73. The Kier molecular flexibility index (Phi) is 3.35. The van der Waals surface area contributed by atoms with Crippen LogP contribution in [0.5, 0.6) is 0 Å². The third-order valence-electron chi connectivity index (χ3n) is 3.46. The van der Waals surface area contributed by atoms with Gasteiger partial charge in [-0.3, -0.25) is 0 Å². The molecule has 1 aromatic carbocycles. The maximum absolute atomic E-state index is 5.81. The van der Waals surface area contributed by atoms with E-state index in [2.05, 4.69) is 11.0 Å². The highest BCUT2D eigenvalue weighted by Gasteiger charge is 2.20. The Labute approximate surface area is 113 Å². The first kappa shape index (κ1) is 12.0. The van der Waals surface area contributed by atoms with Gasteiger partial charge in [-0.2, -0.15) is 5.10 Å². The molecule has 19 heavy (non-hydrogen) atoms. The molecule has 96 valence electrons. The lowest BCUT2D eigenvalue weighted by atomic mass is 10.0. The van der Waals surface area contributed by atoms with E-state index in [9.17, 15) is 0 Å². The molecule has 1 unspecified atom stereocenters. The predicted molar refractivity (Wildman–Crippen MR) is 74.4 cm³/mol. The van der Waals surface area contributed by atoms with Crippen LogP contribution in [0.4, 0.5) is 0 Å². The van der Waals surface area contributed by atoms with E-state index in [0.717, 1.165) is 36.3 Å². The fraction of sp³-hybridized carbons (Fsp3) is 0.312. The molecule has 0 spiro atoms. The minimum absolute atomic E-state index is 0.0320. The van der Waals surface area contributed by atoms with E-state index in [-0.39, 0.29) is 6.23 Å². The topological polar surface area (TPSA) is 27.1 Å². The van der Waals surface area contributed by atoms with Crippen molar-refractivity contribution in [2.24, 2.45) is 0 Å². The molecule has 1 atom stereocenters. The van der Waals surface area contributed by atoms with E-state index in [1.54, 1.807) is 6.20 Å². The minimum atomic E-state index is 0.0320. The number of hydrogen-bond acceptors (Lipinski definition) is 2. The lowest BCUT2D eigenvalue weighted by Crippen LogP contribution is -2.20. The van der Waals surface area contributed by atoms with Crippen LogP contribution in [0, 0.1) is 12.3 Å². The van der Waals surface area contributed by atoms with Gasteiger partial charge in [-0.1, -0.05) is 24.1 Å². The monoisotopic (exact) mass is 252 g/mol. The predicted octanol–water partition coefficient (Wildman–Crippen LogP) is 3.23. The van der Waals surface area contributed by atoms with Gasteiger partial charge in [0.2, 0.25) is 0 Å². The Morgan fingerprint density at radius 3 is 2.95 bits per heavy atom. The molecule has 3 nitrogen and oxygen atoms in total. The van der Waals surface area contributed by atoms with Crippen LogP contribution in [0.2, 0.25) is 0 Å². The van der Waals surface area contributed by atoms with E-state index in [1.165, 1.54) is 6.42 Å². The van der Waals surface area contributed by atoms with Gasteiger partial charge in [0.25, 0.3) is 0 Å². The smallest absolute Gasteiger partial charge is 0.150 e. The fourth-order valence-corrected chi connectivity index (χ4v) is 2.51. The summed E-state index contributed by atoms with van der Waals surface area (Å²) in [4.78, 5) is 0. The third kappa shape index (κ3) is 2.27. The first-order chi connectivity index (χ1) is 9.40. The molecular formula is C16H16N2O. The largest absolute Gasteiger partial charge is 0.356 e. The number of ether oxygens (including phenoxy) is 1. The zero-order chi connectivity index (χ0) is 13.1. The average molecular weight is 252 g/mol. The summed E-state index contributed by atoms with van der Waals surface area (Å²) < 4.78 is 7.76. The Balaban J connectivity index is 2.02. The van der Waals surface area contributed by atoms with Crippen molar-refractivity contribution in [2.45, 2.75) is 25.5 Å². The molecule has 1 aliphatic heterocycles. The fourth-order valence-electron chi connectivity index (χ4n) is 2.51. The highest BCUT2D eigenvalue weighted by atomic mass is 16.5. The van der Waals surface area contributed by atoms with Crippen LogP contribution in [0.1, 0.15) is 31.1 Å². The minimum Gasteiger partial charge on any atom is -0.356 e. The van der Waals surface area contributed by atoms with Gasteiger partial charge in [0, 0.05) is 23.9 Å². The molecule has 1 fully saturated rings. The summed E-state index contributed by atoms with van der Waals surface area (Å²) in [5, 5.41) is 4.41. The van der Waals surface area contributed by atoms with Crippen molar-refractivity contribution in [1.82, 2.24) is 9.78 Å². The van der Waals surface area contributed by atoms with Crippen molar-refractivity contribution >= 4 is 0 Å². The molecule has 0 N–H and O–H groups in total. The second-order valence-corrected chi connectivity index (χ2v) is 4.67. The number of aromatic nitrogens is 2. The van der Waals surface area contributed by atoms with Crippen LogP contribution in [-0.2, 0) is 4.74 Å². The molecule has 0 aliphatic carbocycles. The van der Waals surface area contributed by atoms with Gasteiger partial charge in [0.15, 0.2) is 6.23 Å². The molecule has 3 rings (SSSR count). The molecule has 3 heteroatoms. The van der Waals surface area contributed by atoms with Crippen molar-refractivity contribution < 1.29 is 4.74 Å². The normalized spacial score (nSPS) is 19.0. The van der Waals surface area contributed by atoms with Crippen LogP contribution in [-0.4, -0.2) is 16.4 Å². The zero-order valence-corrected chi connectivity index (χ0v) is 10.7.